The number of carbonyl (C=O) groups excluding carboxylic acids is 2. The van der Waals surface area contributed by atoms with Crippen LogP contribution < -0.4 is 4.74 Å². The van der Waals surface area contributed by atoms with E-state index in [0.717, 1.165) is 5.69 Å². The molecule has 0 aliphatic heterocycles. The Morgan fingerprint density at radius 2 is 1.46 bits per heavy atom. The summed E-state index contributed by atoms with van der Waals surface area (Å²) in [5.74, 6) is -0.186. The van der Waals surface area contributed by atoms with Crippen LogP contribution in [0.3, 0.4) is 0 Å². The molecule has 1 amide bonds. The minimum atomic E-state index is -0.921. The highest BCUT2D eigenvalue weighted by atomic mass is 16.6. The fourth-order valence-electron chi connectivity index (χ4n) is 2.98. The van der Waals surface area contributed by atoms with Crippen LogP contribution >= 0.6 is 0 Å². The van der Waals surface area contributed by atoms with Gasteiger partial charge in [-0.05, 0) is 74.9 Å². The molecule has 0 aliphatic carbocycles. The predicted molar refractivity (Wildman–Crippen MR) is 132 cm³/mol. The zero-order chi connectivity index (χ0) is 25.4. The molecular formula is C27H29N3O5. The largest absolute Gasteiger partial charge is 0.444 e. The summed E-state index contributed by atoms with van der Waals surface area (Å²) in [7, 11) is 1.56. The maximum absolute atomic E-state index is 12.5. The SMILES string of the molecule is CN(CC(O)c1ccc(OC(=O)c2ccc(/N=N/c3ccccc3)cc2)cc1)C(=O)OC(C)(C)C. The van der Waals surface area contributed by atoms with Gasteiger partial charge in [0.05, 0.1) is 29.6 Å². The van der Waals surface area contributed by atoms with Gasteiger partial charge >= 0.3 is 12.1 Å². The molecule has 1 atom stereocenters. The van der Waals surface area contributed by atoms with Gasteiger partial charge in [-0.2, -0.15) is 10.2 Å². The Kier molecular flexibility index (Phi) is 8.33. The number of amides is 1. The zero-order valence-electron chi connectivity index (χ0n) is 20.2. The van der Waals surface area contributed by atoms with Gasteiger partial charge in [-0.15, -0.1) is 0 Å². The lowest BCUT2D eigenvalue weighted by Crippen LogP contribution is -2.36. The highest BCUT2D eigenvalue weighted by molar-refractivity contribution is 5.91. The van der Waals surface area contributed by atoms with E-state index in [1.807, 2.05) is 30.3 Å². The summed E-state index contributed by atoms with van der Waals surface area (Å²) in [6.45, 7) is 5.39. The number of hydrogen-bond donors (Lipinski definition) is 1. The van der Waals surface area contributed by atoms with Gasteiger partial charge in [-0.3, -0.25) is 0 Å². The van der Waals surface area contributed by atoms with Crippen molar-refractivity contribution in [2.45, 2.75) is 32.5 Å². The second kappa shape index (κ2) is 11.4. The van der Waals surface area contributed by atoms with E-state index in [-0.39, 0.29) is 6.54 Å². The fraction of sp³-hybridized carbons (Fsp3) is 0.259. The topological polar surface area (TPSA) is 101 Å². The third-order valence-electron chi connectivity index (χ3n) is 4.77. The quantitative estimate of drug-likeness (QED) is 0.248. The molecule has 0 radical (unpaired) electrons. The van der Waals surface area contributed by atoms with Crippen molar-refractivity contribution in [3.63, 3.8) is 0 Å². The Labute approximate surface area is 204 Å². The van der Waals surface area contributed by atoms with Gasteiger partial charge in [-0.25, -0.2) is 9.59 Å². The third kappa shape index (κ3) is 8.04. The number of likely N-dealkylation sites (N-methyl/N-ethyl adjacent to an activating group) is 1. The summed E-state index contributed by atoms with van der Waals surface area (Å²) < 4.78 is 10.7. The average molecular weight is 476 g/mol. The number of azo groups is 1. The van der Waals surface area contributed by atoms with Crippen LogP contribution in [-0.4, -0.2) is 41.3 Å². The van der Waals surface area contributed by atoms with E-state index < -0.39 is 23.8 Å². The summed E-state index contributed by atoms with van der Waals surface area (Å²) in [5.41, 5.74) is 1.68. The molecule has 0 aliphatic rings. The molecule has 182 valence electrons. The molecule has 35 heavy (non-hydrogen) atoms. The number of carbonyl (C=O) groups is 2. The standard InChI is InChI=1S/C27H29N3O5/c1-27(2,3)35-26(33)30(4)18-24(31)19-12-16-23(17-13-19)34-25(32)20-10-14-22(15-11-20)29-28-21-8-6-5-7-9-21/h5-17,24,31H,18H2,1-4H3/b29-28+. The molecule has 0 spiro atoms. The Morgan fingerprint density at radius 3 is 2.03 bits per heavy atom. The summed E-state index contributed by atoms with van der Waals surface area (Å²) in [6.07, 6.45) is -1.44. The van der Waals surface area contributed by atoms with Crippen molar-refractivity contribution in [1.82, 2.24) is 4.90 Å². The minimum Gasteiger partial charge on any atom is -0.444 e. The van der Waals surface area contributed by atoms with E-state index in [4.69, 9.17) is 9.47 Å². The van der Waals surface area contributed by atoms with Gasteiger partial charge < -0.3 is 19.5 Å². The highest BCUT2D eigenvalue weighted by Crippen LogP contribution is 2.22. The Bertz CT molecular complexity index is 1150. The molecule has 1 N–H and O–H groups in total. The molecular weight excluding hydrogens is 446 g/mol. The molecule has 0 fully saturated rings. The summed E-state index contributed by atoms with van der Waals surface area (Å²) in [5, 5.41) is 18.8. The van der Waals surface area contributed by atoms with Crippen LogP contribution in [0, 0.1) is 0 Å². The Balaban J connectivity index is 1.54. The average Bonchev–Trinajstić information content (AvgIpc) is 2.83. The molecule has 8 heteroatoms. The number of aliphatic hydroxyl groups excluding tert-OH is 1. The molecule has 0 heterocycles. The van der Waals surface area contributed by atoms with E-state index in [1.54, 1.807) is 76.3 Å². The number of ether oxygens (including phenoxy) is 2. The van der Waals surface area contributed by atoms with Gasteiger partial charge in [-0.1, -0.05) is 30.3 Å². The predicted octanol–water partition coefficient (Wildman–Crippen LogP) is 6.22. The van der Waals surface area contributed by atoms with Crippen LogP contribution in [0.15, 0.2) is 89.1 Å². The van der Waals surface area contributed by atoms with Crippen molar-refractivity contribution in [1.29, 1.82) is 0 Å². The number of esters is 1. The summed E-state index contributed by atoms with van der Waals surface area (Å²) in [6, 6.07) is 22.4. The van der Waals surface area contributed by atoms with Crippen molar-refractivity contribution in [2.75, 3.05) is 13.6 Å². The van der Waals surface area contributed by atoms with Crippen LogP contribution in [-0.2, 0) is 4.74 Å². The van der Waals surface area contributed by atoms with Crippen molar-refractivity contribution in [3.05, 3.63) is 90.0 Å². The molecule has 3 rings (SSSR count). The van der Waals surface area contributed by atoms with Crippen LogP contribution in [0.1, 0.15) is 42.8 Å². The molecule has 0 aromatic heterocycles. The van der Waals surface area contributed by atoms with Gasteiger partial charge in [0.2, 0.25) is 0 Å². The number of aliphatic hydroxyl groups is 1. The summed E-state index contributed by atoms with van der Waals surface area (Å²) in [4.78, 5) is 25.9. The van der Waals surface area contributed by atoms with Crippen LogP contribution in [0.2, 0.25) is 0 Å². The first kappa shape index (κ1) is 25.6. The van der Waals surface area contributed by atoms with E-state index in [0.29, 0.717) is 22.6 Å². The third-order valence-corrected chi connectivity index (χ3v) is 4.77. The molecule has 8 nitrogen and oxygen atoms in total. The van der Waals surface area contributed by atoms with E-state index in [2.05, 4.69) is 10.2 Å². The lowest BCUT2D eigenvalue weighted by molar-refractivity contribution is 0.0205. The monoisotopic (exact) mass is 475 g/mol. The number of rotatable bonds is 7. The van der Waals surface area contributed by atoms with Gasteiger partial charge in [0, 0.05) is 7.05 Å². The number of benzene rings is 3. The maximum atomic E-state index is 12.5. The van der Waals surface area contributed by atoms with E-state index >= 15 is 0 Å². The first-order valence-electron chi connectivity index (χ1n) is 11.1. The van der Waals surface area contributed by atoms with Gasteiger partial charge in [0.25, 0.3) is 0 Å². The molecule has 0 bridgehead atoms. The van der Waals surface area contributed by atoms with Crippen molar-refractivity contribution in [3.8, 4) is 5.75 Å². The Morgan fingerprint density at radius 1 is 0.886 bits per heavy atom. The van der Waals surface area contributed by atoms with E-state index in [1.165, 1.54) is 4.90 Å². The molecule has 0 saturated heterocycles. The smallest absolute Gasteiger partial charge is 0.410 e. The number of hydrogen-bond acceptors (Lipinski definition) is 7. The lowest BCUT2D eigenvalue weighted by atomic mass is 10.1. The van der Waals surface area contributed by atoms with Gasteiger partial charge in [0.15, 0.2) is 0 Å². The van der Waals surface area contributed by atoms with Crippen LogP contribution in [0.5, 0.6) is 5.75 Å². The first-order chi connectivity index (χ1) is 16.6. The Hall–Kier alpha value is -4.04. The minimum absolute atomic E-state index is 0.0575. The molecule has 3 aromatic carbocycles. The van der Waals surface area contributed by atoms with Crippen LogP contribution in [0.25, 0.3) is 0 Å². The highest BCUT2D eigenvalue weighted by Gasteiger charge is 2.22. The zero-order valence-corrected chi connectivity index (χ0v) is 20.2. The van der Waals surface area contributed by atoms with Crippen molar-refractivity contribution < 1.29 is 24.2 Å². The second-order valence-electron chi connectivity index (χ2n) is 8.92. The normalized spacial score (nSPS) is 12.3. The van der Waals surface area contributed by atoms with Gasteiger partial charge in [0.1, 0.15) is 11.4 Å². The van der Waals surface area contributed by atoms with Crippen LogP contribution in [0.4, 0.5) is 16.2 Å². The van der Waals surface area contributed by atoms with E-state index in [9.17, 15) is 14.7 Å². The van der Waals surface area contributed by atoms with Crippen molar-refractivity contribution in [2.24, 2.45) is 10.2 Å². The van der Waals surface area contributed by atoms with Crippen molar-refractivity contribution >= 4 is 23.4 Å². The maximum Gasteiger partial charge on any atom is 0.410 e. The summed E-state index contributed by atoms with van der Waals surface area (Å²) >= 11 is 0. The molecule has 1 unspecified atom stereocenters. The fourth-order valence-corrected chi connectivity index (χ4v) is 2.98. The molecule has 0 saturated carbocycles. The molecule has 3 aromatic rings. The second-order valence-corrected chi connectivity index (χ2v) is 8.92. The number of nitrogens with zero attached hydrogens (tertiary/aromatic N) is 3. The lowest BCUT2D eigenvalue weighted by Gasteiger charge is -2.26. The first-order valence-corrected chi connectivity index (χ1v) is 11.1.